The molecular formula is C29H29N3O7. The van der Waals surface area contributed by atoms with E-state index in [1.54, 1.807) is 24.3 Å². The molecule has 3 aliphatic rings. The predicted molar refractivity (Wildman–Crippen MR) is 142 cm³/mol. The monoisotopic (exact) mass is 531 g/mol. The van der Waals surface area contributed by atoms with Crippen LogP contribution in [0.4, 0.5) is 11.4 Å². The molecule has 0 saturated heterocycles. The van der Waals surface area contributed by atoms with Crippen LogP contribution in [0.15, 0.2) is 65.0 Å². The number of carbonyl (C=O) groups is 2. The second-order valence-electron chi connectivity index (χ2n) is 12.1. The van der Waals surface area contributed by atoms with Crippen molar-refractivity contribution in [2.45, 2.75) is 59.3 Å². The smallest absolute Gasteiger partial charge is 0.318 e. The first kappa shape index (κ1) is 26.3. The summed E-state index contributed by atoms with van der Waals surface area (Å²) in [5.74, 6) is -0.328. The van der Waals surface area contributed by atoms with E-state index in [0.717, 1.165) is 29.1 Å². The second-order valence-corrected chi connectivity index (χ2v) is 12.1. The van der Waals surface area contributed by atoms with E-state index in [2.05, 4.69) is 33.0 Å². The molecule has 2 aromatic carbocycles. The summed E-state index contributed by atoms with van der Waals surface area (Å²) in [6, 6.07) is 9.95. The van der Waals surface area contributed by atoms with Gasteiger partial charge in [0.05, 0.1) is 15.9 Å². The van der Waals surface area contributed by atoms with Gasteiger partial charge in [0, 0.05) is 47.4 Å². The van der Waals surface area contributed by atoms with Crippen molar-refractivity contribution in [1.29, 1.82) is 0 Å². The number of nitrogens with zero attached hydrogens (tertiary/aromatic N) is 2. The molecular weight excluding hydrogens is 502 g/mol. The normalized spacial score (nSPS) is 20.2. The van der Waals surface area contributed by atoms with E-state index < -0.39 is 27.1 Å². The van der Waals surface area contributed by atoms with Crippen molar-refractivity contribution in [2.75, 3.05) is 0 Å². The lowest BCUT2D eigenvalue weighted by atomic mass is 9.64. The average Bonchev–Trinajstić information content (AvgIpc) is 2.81. The summed E-state index contributed by atoms with van der Waals surface area (Å²) >= 11 is 0. The Hall–Kier alpha value is -4.34. The fourth-order valence-electron chi connectivity index (χ4n) is 5.93. The molecule has 0 unspecified atom stereocenters. The van der Waals surface area contributed by atoms with Gasteiger partial charge in [0.2, 0.25) is 5.75 Å². The summed E-state index contributed by atoms with van der Waals surface area (Å²) in [5.41, 5.74) is 2.41. The van der Waals surface area contributed by atoms with Crippen molar-refractivity contribution in [3.05, 3.63) is 90.8 Å². The van der Waals surface area contributed by atoms with Gasteiger partial charge in [-0.3, -0.25) is 29.8 Å². The topological polar surface area (TPSA) is 142 Å². The number of hydrogen-bond acceptors (Lipinski definition) is 8. The van der Waals surface area contributed by atoms with Crippen LogP contribution in [0.3, 0.4) is 0 Å². The van der Waals surface area contributed by atoms with Crippen LogP contribution in [0.25, 0.3) is 0 Å². The number of dihydropyridines is 1. The van der Waals surface area contributed by atoms with Gasteiger partial charge in [0.1, 0.15) is 5.75 Å². The molecule has 0 saturated carbocycles. The Labute approximate surface area is 225 Å². The van der Waals surface area contributed by atoms with Crippen molar-refractivity contribution in [1.82, 2.24) is 5.32 Å². The third-order valence-electron chi connectivity index (χ3n) is 7.51. The van der Waals surface area contributed by atoms with E-state index >= 15 is 0 Å². The number of nitrogens with one attached hydrogen (secondary N) is 1. The number of hydrogen-bond donors (Lipinski definition) is 1. The average molecular weight is 532 g/mol. The molecule has 1 N–H and O–H groups in total. The zero-order valence-corrected chi connectivity index (χ0v) is 22.2. The number of ether oxygens (including phenoxy) is 1. The summed E-state index contributed by atoms with van der Waals surface area (Å²) in [5, 5.41) is 26.0. The highest BCUT2D eigenvalue weighted by molar-refractivity contribution is 6.06. The van der Waals surface area contributed by atoms with Gasteiger partial charge in [0.15, 0.2) is 11.6 Å². The van der Waals surface area contributed by atoms with Crippen LogP contribution in [-0.4, -0.2) is 21.4 Å². The molecule has 0 aromatic heterocycles. The molecule has 0 fully saturated rings. The van der Waals surface area contributed by atoms with Crippen molar-refractivity contribution >= 4 is 22.9 Å². The summed E-state index contributed by atoms with van der Waals surface area (Å²) in [7, 11) is 0. The van der Waals surface area contributed by atoms with Gasteiger partial charge in [-0.15, -0.1) is 0 Å². The number of nitro groups is 2. The zero-order chi connectivity index (χ0) is 28.3. The molecule has 0 spiro atoms. The molecule has 5 rings (SSSR count). The largest absolute Gasteiger partial charge is 0.450 e. The maximum atomic E-state index is 13.5. The Kier molecular flexibility index (Phi) is 6.16. The molecule has 0 amide bonds. The van der Waals surface area contributed by atoms with Gasteiger partial charge >= 0.3 is 5.69 Å². The lowest BCUT2D eigenvalue weighted by Crippen LogP contribution is -2.42. The first-order valence-electron chi connectivity index (χ1n) is 12.7. The van der Waals surface area contributed by atoms with E-state index in [4.69, 9.17) is 4.74 Å². The van der Waals surface area contributed by atoms with Crippen LogP contribution in [0, 0.1) is 31.1 Å². The van der Waals surface area contributed by atoms with Crippen LogP contribution < -0.4 is 10.1 Å². The standard InChI is InChI=1S/C29H29N3O7/c1-28(2)12-19-26(22(33)14-28)25(27-20(30-19)13-29(3,4)15-23(27)34)16-5-8-18(9-6-16)39-24-10-7-17(31(35)36)11-21(24)32(37)38/h5-11,25,30H,12-15H2,1-4H3. The summed E-state index contributed by atoms with van der Waals surface area (Å²) in [4.78, 5) is 48.0. The summed E-state index contributed by atoms with van der Waals surface area (Å²) in [6.45, 7) is 8.26. The van der Waals surface area contributed by atoms with Gasteiger partial charge in [-0.1, -0.05) is 39.8 Å². The molecule has 10 nitrogen and oxygen atoms in total. The number of ketones is 2. The Morgan fingerprint density at radius 1 is 0.795 bits per heavy atom. The lowest BCUT2D eigenvalue weighted by Gasteiger charge is -2.44. The Balaban J connectivity index is 1.53. The van der Waals surface area contributed by atoms with Gasteiger partial charge in [-0.2, -0.15) is 0 Å². The van der Waals surface area contributed by atoms with Gasteiger partial charge in [-0.05, 0) is 47.4 Å². The molecule has 1 aliphatic heterocycles. The van der Waals surface area contributed by atoms with Gasteiger partial charge < -0.3 is 10.1 Å². The van der Waals surface area contributed by atoms with E-state index in [1.165, 1.54) is 6.07 Å². The fourth-order valence-corrected chi connectivity index (χ4v) is 5.93. The maximum Gasteiger partial charge on any atom is 0.318 e. The quantitative estimate of drug-likeness (QED) is 0.351. The number of non-ortho nitro benzene ring substituents is 1. The predicted octanol–water partition coefficient (Wildman–Crippen LogP) is 6.27. The molecule has 1 heterocycles. The molecule has 0 atom stereocenters. The first-order chi connectivity index (χ1) is 18.2. The molecule has 0 bridgehead atoms. The number of benzene rings is 2. The fraction of sp³-hybridized carbons (Fsp3) is 0.379. The number of nitro benzene ring substituents is 2. The highest BCUT2D eigenvalue weighted by Crippen LogP contribution is 2.51. The van der Waals surface area contributed by atoms with Crippen molar-refractivity contribution in [3.63, 3.8) is 0 Å². The molecule has 10 heteroatoms. The van der Waals surface area contributed by atoms with Gasteiger partial charge in [-0.25, -0.2) is 0 Å². The highest BCUT2D eigenvalue weighted by Gasteiger charge is 2.46. The first-order valence-corrected chi connectivity index (χ1v) is 12.7. The van der Waals surface area contributed by atoms with E-state index in [0.29, 0.717) is 36.8 Å². The third-order valence-corrected chi connectivity index (χ3v) is 7.51. The van der Waals surface area contributed by atoms with Crippen LogP contribution in [0.5, 0.6) is 11.5 Å². The van der Waals surface area contributed by atoms with Crippen LogP contribution in [0.2, 0.25) is 0 Å². The van der Waals surface area contributed by atoms with E-state index in [-0.39, 0.29) is 33.9 Å². The van der Waals surface area contributed by atoms with Crippen LogP contribution >= 0.6 is 0 Å². The van der Waals surface area contributed by atoms with Crippen molar-refractivity contribution in [3.8, 4) is 11.5 Å². The minimum Gasteiger partial charge on any atom is -0.450 e. The molecule has 2 aromatic rings. The van der Waals surface area contributed by atoms with E-state index in [9.17, 15) is 29.8 Å². The van der Waals surface area contributed by atoms with Gasteiger partial charge in [0.25, 0.3) is 5.69 Å². The molecule has 39 heavy (non-hydrogen) atoms. The minimum atomic E-state index is -0.736. The number of carbonyl (C=O) groups excluding carboxylic acids is 2. The second kappa shape index (κ2) is 9.14. The maximum absolute atomic E-state index is 13.5. The molecule has 202 valence electrons. The molecule has 0 radical (unpaired) electrons. The number of allylic oxidation sites excluding steroid dienone is 4. The summed E-state index contributed by atoms with van der Waals surface area (Å²) < 4.78 is 5.72. The SMILES string of the molecule is CC1(C)CC(=O)C2=C(C1)NC1=C(C(=O)CC(C)(C)C1)C2c1ccc(Oc2ccc([N+](=O)[O-])cc2[N+](=O)[O-])cc1. The summed E-state index contributed by atoms with van der Waals surface area (Å²) in [6.07, 6.45) is 2.16. The van der Waals surface area contributed by atoms with Crippen molar-refractivity contribution in [2.24, 2.45) is 10.8 Å². The minimum absolute atomic E-state index is 0.0183. The van der Waals surface area contributed by atoms with Crippen molar-refractivity contribution < 1.29 is 24.2 Å². The number of rotatable bonds is 5. The van der Waals surface area contributed by atoms with Crippen LogP contribution in [-0.2, 0) is 9.59 Å². The van der Waals surface area contributed by atoms with E-state index in [1.807, 2.05) is 0 Å². The lowest BCUT2D eigenvalue weighted by molar-refractivity contribution is -0.394. The highest BCUT2D eigenvalue weighted by atomic mass is 16.6. The van der Waals surface area contributed by atoms with Crippen LogP contribution in [0.1, 0.15) is 64.9 Å². The zero-order valence-electron chi connectivity index (χ0n) is 22.2. The Morgan fingerprint density at radius 2 is 1.33 bits per heavy atom. The third kappa shape index (κ3) is 4.94. The Bertz CT molecular complexity index is 1450. The number of Topliss-reactive ketones (excluding diaryl/α,β-unsaturated/α-hetero) is 2. The molecule has 2 aliphatic carbocycles. The Morgan fingerprint density at radius 3 is 1.82 bits per heavy atom.